The molecule has 1 aliphatic carbocycles. The summed E-state index contributed by atoms with van der Waals surface area (Å²) < 4.78 is 1.31. The van der Waals surface area contributed by atoms with Gasteiger partial charge in [-0.2, -0.15) is 0 Å². The van der Waals surface area contributed by atoms with E-state index >= 15 is 0 Å². The van der Waals surface area contributed by atoms with Crippen LogP contribution in [-0.4, -0.2) is 37.1 Å². The van der Waals surface area contributed by atoms with Gasteiger partial charge in [0.1, 0.15) is 29.1 Å². The highest BCUT2D eigenvalue weighted by molar-refractivity contribution is 6.34. The average Bonchev–Trinajstić information content (AvgIpc) is 3.35. The monoisotopic (exact) mass is 516 g/mol. The van der Waals surface area contributed by atoms with E-state index in [9.17, 15) is 14.4 Å². The fourth-order valence-corrected chi connectivity index (χ4v) is 5.07. The van der Waals surface area contributed by atoms with Crippen molar-refractivity contribution in [1.29, 1.82) is 0 Å². The number of fused-ring (bicyclic) bond motifs is 2. The van der Waals surface area contributed by atoms with Gasteiger partial charge in [-0.05, 0) is 55.7 Å². The molecule has 0 radical (unpaired) electrons. The highest BCUT2D eigenvalue weighted by atomic mass is 35.5. The van der Waals surface area contributed by atoms with Gasteiger partial charge in [0.05, 0.1) is 16.1 Å². The molecule has 1 spiro atoms. The number of carbonyl (C=O) groups is 2. The van der Waals surface area contributed by atoms with Crippen LogP contribution in [0.1, 0.15) is 29.8 Å². The van der Waals surface area contributed by atoms with E-state index in [0.29, 0.717) is 41.1 Å². The van der Waals surface area contributed by atoms with Crippen LogP contribution in [0.25, 0.3) is 11.0 Å². The number of anilines is 4. The molecule has 1 aliphatic heterocycles. The number of pyridine rings is 1. The first kappa shape index (κ1) is 22.8. The van der Waals surface area contributed by atoms with Crippen molar-refractivity contribution in [2.24, 2.45) is 0 Å². The lowest BCUT2D eigenvalue weighted by Gasteiger charge is -2.54. The molecular weight excluding hydrogens is 496 g/mol. The van der Waals surface area contributed by atoms with Crippen molar-refractivity contribution in [3.63, 3.8) is 0 Å². The van der Waals surface area contributed by atoms with E-state index in [4.69, 9.17) is 11.6 Å². The molecular formula is C25H21ClN8O3. The zero-order chi connectivity index (χ0) is 25.7. The number of nitrogens with one attached hydrogen (secondary N) is 4. The molecule has 1 aromatic carbocycles. The topological polar surface area (TPSA) is 137 Å². The Morgan fingerprint density at radius 3 is 2.78 bits per heavy atom. The second-order valence-corrected chi connectivity index (χ2v) is 9.26. The number of hydrogen-bond acceptors (Lipinski definition) is 7. The Morgan fingerprint density at radius 1 is 1.19 bits per heavy atom. The van der Waals surface area contributed by atoms with Gasteiger partial charge in [0, 0.05) is 11.9 Å². The number of H-pyrrole nitrogens is 1. The van der Waals surface area contributed by atoms with E-state index in [-0.39, 0.29) is 22.3 Å². The quantitative estimate of drug-likeness (QED) is 0.298. The van der Waals surface area contributed by atoms with Crippen LogP contribution >= 0.6 is 11.6 Å². The molecule has 4 heterocycles. The second kappa shape index (κ2) is 8.49. The van der Waals surface area contributed by atoms with E-state index in [1.807, 2.05) is 0 Å². The Morgan fingerprint density at radius 2 is 2.03 bits per heavy atom. The van der Waals surface area contributed by atoms with E-state index in [1.54, 1.807) is 41.5 Å². The fourth-order valence-electron chi connectivity index (χ4n) is 4.79. The highest BCUT2D eigenvalue weighted by Gasteiger charge is 2.50. The van der Waals surface area contributed by atoms with Crippen molar-refractivity contribution < 1.29 is 9.59 Å². The molecule has 1 fully saturated rings. The predicted molar refractivity (Wildman–Crippen MR) is 140 cm³/mol. The van der Waals surface area contributed by atoms with Crippen LogP contribution < -0.4 is 26.5 Å². The van der Waals surface area contributed by atoms with Gasteiger partial charge < -0.3 is 20.9 Å². The number of halogens is 1. The lowest BCUT2D eigenvalue weighted by Crippen LogP contribution is -2.72. The van der Waals surface area contributed by atoms with E-state index in [0.717, 1.165) is 6.42 Å². The Hall–Kier alpha value is -4.64. The summed E-state index contributed by atoms with van der Waals surface area (Å²) in [5, 5.41) is 11.4. The summed E-state index contributed by atoms with van der Waals surface area (Å²) >= 11 is 6.61. The molecule has 0 atom stereocenters. The summed E-state index contributed by atoms with van der Waals surface area (Å²) in [4.78, 5) is 50.6. The number of hydrogen-bond donors (Lipinski definition) is 4. The van der Waals surface area contributed by atoms with Crippen LogP contribution in [0, 0.1) is 0 Å². The van der Waals surface area contributed by atoms with E-state index < -0.39 is 17.1 Å². The number of amides is 2. The molecule has 2 amide bonds. The zero-order valence-electron chi connectivity index (χ0n) is 19.4. The minimum atomic E-state index is -0.820. The number of rotatable bonds is 5. The van der Waals surface area contributed by atoms with Crippen molar-refractivity contribution >= 4 is 57.3 Å². The van der Waals surface area contributed by atoms with Gasteiger partial charge in [-0.3, -0.25) is 19.4 Å². The molecule has 0 unspecified atom stereocenters. The third-order valence-corrected chi connectivity index (χ3v) is 6.92. The van der Waals surface area contributed by atoms with Gasteiger partial charge in [-0.1, -0.05) is 24.2 Å². The maximum absolute atomic E-state index is 14.0. The second-order valence-electron chi connectivity index (χ2n) is 8.85. The number of aromatic amines is 1. The third kappa shape index (κ3) is 3.62. The minimum absolute atomic E-state index is 0.0183. The van der Waals surface area contributed by atoms with Crippen LogP contribution in [-0.2, 0) is 4.79 Å². The summed E-state index contributed by atoms with van der Waals surface area (Å²) in [6, 6.07) is 10.2. The normalized spacial score (nSPS) is 15.6. The molecule has 2 aliphatic rings. The lowest BCUT2D eigenvalue weighted by molar-refractivity contribution is -0.111. The molecule has 1 saturated carbocycles. The summed E-state index contributed by atoms with van der Waals surface area (Å²) in [7, 11) is 0. The highest BCUT2D eigenvalue weighted by Crippen LogP contribution is 2.42. The average molecular weight is 517 g/mol. The minimum Gasteiger partial charge on any atom is -0.346 e. The molecule has 11 nitrogen and oxygen atoms in total. The fraction of sp³-hybridized carbons (Fsp3) is 0.160. The molecule has 3 aromatic heterocycles. The van der Waals surface area contributed by atoms with E-state index in [1.165, 1.54) is 23.1 Å². The van der Waals surface area contributed by atoms with Crippen LogP contribution in [0.2, 0.25) is 5.02 Å². The third-order valence-electron chi connectivity index (χ3n) is 6.63. The maximum Gasteiger partial charge on any atom is 0.293 e. The first-order valence-electron chi connectivity index (χ1n) is 11.6. The van der Waals surface area contributed by atoms with Gasteiger partial charge >= 0.3 is 0 Å². The van der Waals surface area contributed by atoms with Crippen LogP contribution in [0.4, 0.5) is 22.9 Å². The summed E-state index contributed by atoms with van der Waals surface area (Å²) in [6.07, 6.45) is 6.39. The predicted octanol–water partition coefficient (Wildman–Crippen LogP) is 3.53. The Bertz CT molecular complexity index is 1660. The number of carbonyl (C=O) groups excluding carboxylic acids is 2. The summed E-state index contributed by atoms with van der Waals surface area (Å²) in [5.74, 6) is -0.384. The smallest absolute Gasteiger partial charge is 0.293 e. The zero-order valence-corrected chi connectivity index (χ0v) is 20.2. The molecule has 0 bridgehead atoms. The largest absolute Gasteiger partial charge is 0.346 e. The van der Waals surface area contributed by atoms with Crippen molar-refractivity contribution in [1.82, 2.24) is 24.9 Å². The summed E-state index contributed by atoms with van der Waals surface area (Å²) in [6.45, 7) is 3.49. The Balaban J connectivity index is 1.52. The molecule has 186 valence electrons. The molecule has 4 aromatic rings. The van der Waals surface area contributed by atoms with Crippen molar-refractivity contribution in [3.8, 4) is 0 Å². The van der Waals surface area contributed by atoms with Crippen LogP contribution in [0.3, 0.4) is 0 Å². The van der Waals surface area contributed by atoms with Gasteiger partial charge in [0.2, 0.25) is 5.91 Å². The molecule has 12 heteroatoms. The number of nitrogens with zero attached hydrogens (tertiary/aromatic N) is 4. The SMILES string of the molecule is C=CC(=O)Nc1cccc(N2n3c(c(Cl)cc(Nc4ncnc5[nH]ccc45)c3=O)C(=O)NC23CCC3)c1. The van der Waals surface area contributed by atoms with Gasteiger partial charge in [-0.15, -0.1) is 0 Å². The summed E-state index contributed by atoms with van der Waals surface area (Å²) in [5.41, 5.74) is 0.565. The van der Waals surface area contributed by atoms with Crippen molar-refractivity contribution in [2.75, 3.05) is 15.6 Å². The molecule has 37 heavy (non-hydrogen) atoms. The van der Waals surface area contributed by atoms with Crippen molar-refractivity contribution in [3.05, 3.63) is 82.6 Å². The standard InChI is InChI=1S/C25H21ClN8O3/c1-2-19(35)30-14-5-3-6-15(11-14)34-25(8-4-9-25)32-23(36)20-17(26)12-18(24(37)33(20)34)31-22-16-7-10-27-21(16)28-13-29-22/h2-3,5-7,10-13H,1,4,8-9H2,(H,30,35)(H,32,36)(H2,27,28,29,31). The lowest BCUT2D eigenvalue weighted by atomic mass is 9.82. The Labute approximate surface area is 215 Å². The number of aromatic nitrogens is 4. The van der Waals surface area contributed by atoms with Gasteiger partial charge in [0.25, 0.3) is 11.5 Å². The molecule has 0 saturated heterocycles. The van der Waals surface area contributed by atoms with Crippen molar-refractivity contribution in [2.45, 2.75) is 24.9 Å². The molecule has 4 N–H and O–H groups in total. The Kier molecular flexibility index (Phi) is 5.23. The maximum atomic E-state index is 14.0. The van der Waals surface area contributed by atoms with Gasteiger partial charge in [0.15, 0.2) is 5.69 Å². The molecule has 6 rings (SSSR count). The number of benzene rings is 1. The van der Waals surface area contributed by atoms with E-state index in [2.05, 4.69) is 37.5 Å². The first-order chi connectivity index (χ1) is 17.9. The van der Waals surface area contributed by atoms with Crippen LogP contribution in [0.5, 0.6) is 0 Å². The van der Waals surface area contributed by atoms with Crippen LogP contribution in [0.15, 0.2) is 66.4 Å². The first-order valence-corrected chi connectivity index (χ1v) is 12.0. The van der Waals surface area contributed by atoms with Gasteiger partial charge in [-0.25, -0.2) is 14.6 Å².